The molecule has 1 aromatic rings. The van der Waals surface area contributed by atoms with Crippen molar-refractivity contribution >= 4 is 5.71 Å². The summed E-state index contributed by atoms with van der Waals surface area (Å²) in [4.78, 5) is 4.28. The van der Waals surface area contributed by atoms with Crippen LogP contribution in [0.15, 0.2) is 70.9 Å². The highest BCUT2D eigenvalue weighted by Crippen LogP contribution is 2.08. The van der Waals surface area contributed by atoms with Crippen LogP contribution in [0.4, 0.5) is 0 Å². The van der Waals surface area contributed by atoms with Gasteiger partial charge in [-0.2, -0.15) is 0 Å². The summed E-state index contributed by atoms with van der Waals surface area (Å²) in [5, 5.41) is 0. The van der Waals surface area contributed by atoms with Crippen LogP contribution in [0.2, 0.25) is 0 Å². The lowest BCUT2D eigenvalue weighted by Gasteiger charge is -2.04. The van der Waals surface area contributed by atoms with Crippen molar-refractivity contribution in [3.63, 3.8) is 0 Å². The summed E-state index contributed by atoms with van der Waals surface area (Å²) in [6.07, 6.45) is 7.85. The van der Waals surface area contributed by atoms with Crippen LogP contribution in [-0.2, 0) is 0 Å². The molecular weight excluding hydrogens is 220 g/mol. The number of benzene rings is 1. The summed E-state index contributed by atoms with van der Waals surface area (Å²) in [6, 6.07) is 10.0. The van der Waals surface area contributed by atoms with Crippen molar-refractivity contribution in [2.45, 2.75) is 13.8 Å². The molecule has 0 fully saturated rings. The van der Waals surface area contributed by atoms with Crippen LogP contribution in [0.5, 0.6) is 0 Å². The molecule has 2 N–H and O–H groups in total. The van der Waals surface area contributed by atoms with E-state index in [1.165, 1.54) is 0 Å². The fourth-order valence-electron chi connectivity index (χ4n) is 1.48. The molecule has 18 heavy (non-hydrogen) atoms. The maximum Gasteiger partial charge on any atom is 0.0663 e. The van der Waals surface area contributed by atoms with Gasteiger partial charge in [0.2, 0.25) is 0 Å². The zero-order valence-corrected chi connectivity index (χ0v) is 11.2. The molecule has 94 valence electrons. The molecule has 0 bridgehead atoms. The maximum absolute atomic E-state index is 6.05. The van der Waals surface area contributed by atoms with E-state index in [1.807, 2.05) is 68.5 Å². The predicted molar refractivity (Wildman–Crippen MR) is 79.7 cm³/mol. The molecule has 0 spiro atoms. The van der Waals surface area contributed by atoms with Crippen molar-refractivity contribution in [2.75, 3.05) is 7.05 Å². The normalized spacial score (nSPS) is 14.3. The first-order valence-corrected chi connectivity index (χ1v) is 5.98. The van der Waals surface area contributed by atoms with E-state index in [4.69, 9.17) is 5.73 Å². The first kappa shape index (κ1) is 14.0. The Morgan fingerprint density at radius 2 is 1.89 bits per heavy atom. The van der Waals surface area contributed by atoms with E-state index in [-0.39, 0.29) is 0 Å². The zero-order chi connectivity index (χ0) is 13.4. The third-order valence-corrected chi connectivity index (χ3v) is 2.60. The lowest BCUT2D eigenvalue weighted by molar-refractivity contribution is 1.29. The van der Waals surface area contributed by atoms with Crippen molar-refractivity contribution < 1.29 is 0 Å². The Bertz CT molecular complexity index is 491. The third-order valence-electron chi connectivity index (χ3n) is 2.60. The number of aliphatic imine (C=N–C) groups is 1. The molecule has 0 amide bonds. The number of hydrogen-bond acceptors (Lipinski definition) is 2. The van der Waals surface area contributed by atoms with Crippen LogP contribution in [0.3, 0.4) is 0 Å². The van der Waals surface area contributed by atoms with Gasteiger partial charge in [0, 0.05) is 12.7 Å². The van der Waals surface area contributed by atoms with Crippen molar-refractivity contribution in [1.29, 1.82) is 0 Å². The van der Waals surface area contributed by atoms with Crippen LogP contribution in [0.25, 0.3) is 0 Å². The summed E-state index contributed by atoms with van der Waals surface area (Å²) >= 11 is 0. The fraction of sp³-hybridized carbons (Fsp3) is 0.188. The van der Waals surface area contributed by atoms with Gasteiger partial charge in [-0.3, -0.25) is 4.99 Å². The predicted octanol–water partition coefficient (Wildman–Crippen LogP) is 3.47. The Labute approximate surface area is 109 Å². The maximum atomic E-state index is 6.05. The molecule has 0 radical (unpaired) electrons. The SMILES string of the molecule is C\C=C/C=C(C)/C(N)=C/C(=NC)c1ccccc1. The van der Waals surface area contributed by atoms with Crippen LogP contribution >= 0.6 is 0 Å². The standard InChI is InChI=1S/C16H20N2/c1-4-5-9-13(2)15(17)12-16(18-3)14-10-7-6-8-11-14/h4-12H,17H2,1-3H3/b5-4-,13-9+,15-12-,18-16?. The highest BCUT2D eigenvalue weighted by atomic mass is 14.7. The van der Waals surface area contributed by atoms with Crippen molar-refractivity contribution in [2.24, 2.45) is 10.7 Å². The molecule has 0 atom stereocenters. The Hall–Kier alpha value is -2.09. The van der Waals surface area contributed by atoms with Crippen molar-refractivity contribution in [1.82, 2.24) is 0 Å². The minimum Gasteiger partial charge on any atom is -0.398 e. The number of allylic oxidation sites excluding steroid dienone is 5. The average molecular weight is 240 g/mol. The van der Waals surface area contributed by atoms with Crippen LogP contribution < -0.4 is 5.73 Å². The number of nitrogens with zero attached hydrogens (tertiary/aromatic N) is 1. The average Bonchev–Trinajstić information content (AvgIpc) is 2.42. The van der Waals surface area contributed by atoms with Gasteiger partial charge in [0.1, 0.15) is 0 Å². The van der Waals surface area contributed by atoms with E-state index in [0.717, 1.165) is 22.5 Å². The number of hydrogen-bond donors (Lipinski definition) is 1. The van der Waals surface area contributed by atoms with Crippen LogP contribution in [-0.4, -0.2) is 12.8 Å². The van der Waals surface area contributed by atoms with E-state index in [9.17, 15) is 0 Å². The first-order chi connectivity index (χ1) is 8.69. The van der Waals surface area contributed by atoms with Gasteiger partial charge in [0.05, 0.1) is 5.71 Å². The van der Waals surface area contributed by atoms with Gasteiger partial charge in [-0.15, -0.1) is 0 Å². The van der Waals surface area contributed by atoms with E-state index < -0.39 is 0 Å². The topological polar surface area (TPSA) is 38.4 Å². The largest absolute Gasteiger partial charge is 0.398 e. The molecule has 2 heteroatoms. The second kappa shape index (κ2) is 7.28. The molecule has 1 aromatic carbocycles. The van der Waals surface area contributed by atoms with E-state index in [1.54, 1.807) is 7.05 Å². The second-order valence-electron chi connectivity index (χ2n) is 3.95. The molecule has 0 unspecified atom stereocenters. The molecule has 0 heterocycles. The van der Waals surface area contributed by atoms with Gasteiger partial charge in [0.25, 0.3) is 0 Å². The van der Waals surface area contributed by atoms with Gasteiger partial charge in [-0.1, -0.05) is 48.6 Å². The van der Waals surface area contributed by atoms with Crippen molar-refractivity contribution in [3.8, 4) is 0 Å². The molecule has 0 aromatic heterocycles. The van der Waals surface area contributed by atoms with Gasteiger partial charge >= 0.3 is 0 Å². The quantitative estimate of drug-likeness (QED) is 0.635. The lowest BCUT2D eigenvalue weighted by Crippen LogP contribution is -2.05. The summed E-state index contributed by atoms with van der Waals surface area (Å²) in [7, 11) is 1.77. The molecule has 0 saturated heterocycles. The molecule has 0 aliphatic heterocycles. The summed E-state index contributed by atoms with van der Waals surface area (Å²) in [6.45, 7) is 3.97. The minimum absolute atomic E-state index is 0.734. The van der Waals surface area contributed by atoms with E-state index in [0.29, 0.717) is 0 Å². The molecule has 2 nitrogen and oxygen atoms in total. The van der Waals surface area contributed by atoms with Crippen LogP contribution in [0, 0.1) is 0 Å². The first-order valence-electron chi connectivity index (χ1n) is 5.98. The number of rotatable bonds is 4. The third kappa shape index (κ3) is 4.06. The molecule has 0 aliphatic rings. The second-order valence-corrected chi connectivity index (χ2v) is 3.95. The lowest BCUT2D eigenvalue weighted by atomic mass is 10.1. The zero-order valence-electron chi connectivity index (χ0n) is 11.2. The molecule has 0 aliphatic carbocycles. The molecule has 1 rings (SSSR count). The highest BCUT2D eigenvalue weighted by molar-refractivity contribution is 6.09. The molecule has 0 saturated carbocycles. The fourth-order valence-corrected chi connectivity index (χ4v) is 1.48. The summed E-state index contributed by atoms with van der Waals surface area (Å²) in [5.74, 6) is 0. The monoisotopic (exact) mass is 240 g/mol. The van der Waals surface area contributed by atoms with Gasteiger partial charge < -0.3 is 5.73 Å². The number of nitrogens with two attached hydrogens (primary N) is 1. The summed E-state index contributed by atoms with van der Waals surface area (Å²) < 4.78 is 0. The molecular formula is C16H20N2. The Morgan fingerprint density at radius 3 is 2.44 bits per heavy atom. The van der Waals surface area contributed by atoms with Gasteiger partial charge in [-0.25, -0.2) is 0 Å². The highest BCUT2D eigenvalue weighted by Gasteiger charge is 2.00. The van der Waals surface area contributed by atoms with E-state index in [2.05, 4.69) is 4.99 Å². The minimum atomic E-state index is 0.734. The summed E-state index contributed by atoms with van der Waals surface area (Å²) in [5.41, 5.74) is 9.78. The Kier molecular flexibility index (Phi) is 5.65. The van der Waals surface area contributed by atoms with Gasteiger partial charge in [-0.05, 0) is 31.1 Å². The van der Waals surface area contributed by atoms with Crippen molar-refractivity contribution in [3.05, 3.63) is 71.5 Å². The smallest absolute Gasteiger partial charge is 0.0663 e. The van der Waals surface area contributed by atoms with Crippen LogP contribution in [0.1, 0.15) is 19.4 Å². The van der Waals surface area contributed by atoms with Gasteiger partial charge in [0.15, 0.2) is 0 Å². The Balaban J connectivity index is 3.00. The Morgan fingerprint density at radius 1 is 1.22 bits per heavy atom. The van der Waals surface area contributed by atoms with E-state index >= 15 is 0 Å².